The lowest BCUT2D eigenvalue weighted by atomic mass is 10.1. The third kappa shape index (κ3) is 7.11. The van der Waals surface area contributed by atoms with Crippen molar-refractivity contribution in [1.82, 2.24) is 5.32 Å². The van der Waals surface area contributed by atoms with E-state index in [1.165, 1.54) is 6.07 Å². The van der Waals surface area contributed by atoms with Gasteiger partial charge in [0.1, 0.15) is 12.4 Å². The Hall–Kier alpha value is -3.27. The van der Waals surface area contributed by atoms with Crippen LogP contribution in [0.2, 0.25) is 0 Å². The second-order valence-corrected chi connectivity index (χ2v) is 9.60. The van der Waals surface area contributed by atoms with E-state index >= 15 is 0 Å². The Morgan fingerprint density at radius 1 is 1.00 bits per heavy atom. The molecule has 182 valence electrons. The summed E-state index contributed by atoms with van der Waals surface area (Å²) in [7, 11) is -3.83. The first-order chi connectivity index (χ1) is 16.0. The molecule has 0 bridgehead atoms. The first-order valence-corrected chi connectivity index (χ1v) is 12.4. The molecular weight excluding hydrogens is 469 g/mol. The SMILES string of the molecule is CS(=O)(=O)N(CCCC(=O)NCCOc1ccc2ccccc2c1)c1cccc(C(F)(F)F)c1. The maximum atomic E-state index is 13.0. The zero-order valence-corrected chi connectivity index (χ0v) is 19.3. The summed E-state index contributed by atoms with van der Waals surface area (Å²) in [6, 6.07) is 17.7. The molecule has 0 spiro atoms. The molecular formula is C24H25F3N2O4S. The van der Waals surface area contributed by atoms with Crippen LogP contribution in [-0.2, 0) is 21.0 Å². The van der Waals surface area contributed by atoms with Crippen LogP contribution in [0.5, 0.6) is 5.75 Å². The highest BCUT2D eigenvalue weighted by atomic mass is 32.2. The van der Waals surface area contributed by atoms with Crippen LogP contribution < -0.4 is 14.4 Å². The minimum atomic E-state index is -4.59. The van der Waals surface area contributed by atoms with Gasteiger partial charge in [0.25, 0.3) is 0 Å². The van der Waals surface area contributed by atoms with Crippen LogP contribution in [0.4, 0.5) is 18.9 Å². The molecule has 0 radical (unpaired) electrons. The number of anilines is 1. The number of benzene rings is 3. The zero-order chi connectivity index (χ0) is 24.8. The van der Waals surface area contributed by atoms with E-state index in [0.717, 1.165) is 39.5 Å². The molecule has 1 N–H and O–H groups in total. The Kier molecular flexibility index (Phi) is 8.03. The van der Waals surface area contributed by atoms with E-state index in [4.69, 9.17) is 4.74 Å². The molecule has 34 heavy (non-hydrogen) atoms. The molecule has 0 saturated heterocycles. The summed E-state index contributed by atoms with van der Waals surface area (Å²) >= 11 is 0. The third-order valence-electron chi connectivity index (χ3n) is 5.04. The van der Waals surface area contributed by atoms with Gasteiger partial charge in [-0.2, -0.15) is 13.2 Å². The molecule has 0 atom stereocenters. The number of fused-ring (bicyclic) bond motifs is 1. The molecule has 3 rings (SSSR count). The smallest absolute Gasteiger partial charge is 0.416 e. The van der Waals surface area contributed by atoms with Crippen LogP contribution in [0.15, 0.2) is 66.7 Å². The number of hydrogen-bond acceptors (Lipinski definition) is 4. The summed E-state index contributed by atoms with van der Waals surface area (Å²) in [6.45, 7) is 0.389. The van der Waals surface area contributed by atoms with Crippen molar-refractivity contribution in [2.45, 2.75) is 19.0 Å². The van der Waals surface area contributed by atoms with E-state index in [2.05, 4.69) is 5.32 Å². The van der Waals surface area contributed by atoms with Crippen molar-refractivity contribution in [3.05, 3.63) is 72.3 Å². The van der Waals surface area contributed by atoms with Gasteiger partial charge in [0.2, 0.25) is 15.9 Å². The molecule has 10 heteroatoms. The van der Waals surface area contributed by atoms with Crippen LogP contribution in [0, 0.1) is 0 Å². The average Bonchev–Trinajstić information content (AvgIpc) is 2.78. The van der Waals surface area contributed by atoms with Crippen molar-refractivity contribution in [2.24, 2.45) is 0 Å². The molecule has 1 amide bonds. The van der Waals surface area contributed by atoms with Gasteiger partial charge in [0, 0.05) is 13.0 Å². The van der Waals surface area contributed by atoms with Gasteiger partial charge >= 0.3 is 6.18 Å². The highest BCUT2D eigenvalue weighted by Crippen LogP contribution is 2.32. The number of hydrogen-bond donors (Lipinski definition) is 1. The largest absolute Gasteiger partial charge is 0.492 e. The summed E-state index contributed by atoms with van der Waals surface area (Å²) in [5.74, 6) is 0.373. The Bertz CT molecular complexity index is 1250. The van der Waals surface area contributed by atoms with Crippen molar-refractivity contribution in [1.29, 1.82) is 0 Å². The van der Waals surface area contributed by atoms with Gasteiger partial charge in [0.15, 0.2) is 0 Å². The maximum absolute atomic E-state index is 13.0. The Morgan fingerprint density at radius 3 is 2.44 bits per heavy atom. The number of carbonyl (C=O) groups excluding carboxylic acids is 1. The van der Waals surface area contributed by atoms with Gasteiger partial charge in [-0.25, -0.2) is 8.42 Å². The number of halogens is 3. The predicted octanol–water partition coefficient (Wildman–Crippen LogP) is 4.60. The van der Waals surface area contributed by atoms with Gasteiger partial charge in [-0.1, -0.05) is 36.4 Å². The van der Waals surface area contributed by atoms with Crippen molar-refractivity contribution in [3.63, 3.8) is 0 Å². The molecule has 0 fully saturated rings. The molecule has 0 aromatic heterocycles. The van der Waals surface area contributed by atoms with Crippen molar-refractivity contribution in [2.75, 3.05) is 30.3 Å². The van der Waals surface area contributed by atoms with Crippen LogP contribution in [0.25, 0.3) is 10.8 Å². The number of sulfonamides is 1. The summed E-state index contributed by atoms with van der Waals surface area (Å²) in [4.78, 5) is 12.1. The highest BCUT2D eigenvalue weighted by molar-refractivity contribution is 7.92. The maximum Gasteiger partial charge on any atom is 0.416 e. The quantitative estimate of drug-likeness (QED) is 0.418. The van der Waals surface area contributed by atoms with E-state index in [-0.39, 0.29) is 44.1 Å². The molecule has 0 heterocycles. The van der Waals surface area contributed by atoms with Gasteiger partial charge in [-0.15, -0.1) is 0 Å². The summed E-state index contributed by atoms with van der Waals surface area (Å²) in [5.41, 5.74) is -1.04. The minimum absolute atomic E-state index is 0.0148. The number of nitrogens with one attached hydrogen (secondary N) is 1. The van der Waals surface area contributed by atoms with Gasteiger partial charge in [-0.3, -0.25) is 9.10 Å². The number of alkyl halides is 3. The molecule has 0 aliphatic carbocycles. The second kappa shape index (κ2) is 10.8. The fraction of sp³-hybridized carbons (Fsp3) is 0.292. The number of rotatable bonds is 10. The number of amides is 1. The van der Waals surface area contributed by atoms with Crippen molar-refractivity contribution >= 4 is 32.4 Å². The lowest BCUT2D eigenvalue weighted by Crippen LogP contribution is -2.33. The summed E-state index contributed by atoms with van der Waals surface area (Å²) < 4.78 is 69.7. The standard InChI is InChI=1S/C24H25F3N2O4S/c1-34(31,32)29(21-9-4-8-20(17-21)24(25,26)27)14-5-10-23(30)28-13-15-33-22-12-11-18-6-2-3-7-19(18)16-22/h2-4,6-9,11-12,16-17H,5,10,13-15H2,1H3,(H,28,30). The summed E-state index contributed by atoms with van der Waals surface area (Å²) in [6.07, 6.45) is -3.52. The molecule has 0 aliphatic rings. The van der Waals surface area contributed by atoms with E-state index in [0.29, 0.717) is 5.75 Å². The summed E-state index contributed by atoms with van der Waals surface area (Å²) in [5, 5.41) is 4.83. The van der Waals surface area contributed by atoms with E-state index in [1.54, 1.807) is 0 Å². The molecule has 6 nitrogen and oxygen atoms in total. The Labute approximate surface area is 196 Å². The molecule has 0 unspecified atom stereocenters. The van der Waals surface area contributed by atoms with E-state index in [1.807, 2.05) is 42.5 Å². The van der Waals surface area contributed by atoms with E-state index in [9.17, 15) is 26.4 Å². The first kappa shape index (κ1) is 25.4. The van der Waals surface area contributed by atoms with Crippen LogP contribution in [0.1, 0.15) is 18.4 Å². The fourth-order valence-corrected chi connectivity index (χ4v) is 4.37. The second-order valence-electron chi connectivity index (χ2n) is 7.69. The van der Waals surface area contributed by atoms with Crippen molar-refractivity contribution < 1.29 is 31.1 Å². The van der Waals surface area contributed by atoms with Crippen molar-refractivity contribution in [3.8, 4) is 5.75 Å². The predicted molar refractivity (Wildman–Crippen MR) is 125 cm³/mol. The molecule has 0 saturated carbocycles. The normalized spacial score (nSPS) is 11.9. The topological polar surface area (TPSA) is 75.7 Å². The van der Waals surface area contributed by atoms with E-state index < -0.39 is 21.8 Å². The van der Waals surface area contributed by atoms with Crippen LogP contribution in [-0.4, -0.2) is 40.3 Å². The molecule has 3 aromatic rings. The average molecular weight is 495 g/mol. The van der Waals surface area contributed by atoms with Crippen LogP contribution >= 0.6 is 0 Å². The van der Waals surface area contributed by atoms with Crippen LogP contribution in [0.3, 0.4) is 0 Å². The third-order valence-corrected chi connectivity index (χ3v) is 6.23. The number of nitrogens with zero attached hydrogens (tertiary/aromatic N) is 1. The van der Waals surface area contributed by atoms with Gasteiger partial charge in [-0.05, 0) is 47.5 Å². The molecule has 3 aromatic carbocycles. The minimum Gasteiger partial charge on any atom is -0.492 e. The Balaban J connectivity index is 1.46. The van der Waals surface area contributed by atoms with Gasteiger partial charge in [0.05, 0.1) is 24.1 Å². The highest BCUT2D eigenvalue weighted by Gasteiger charge is 2.31. The Morgan fingerprint density at radius 2 is 1.74 bits per heavy atom. The first-order valence-electron chi connectivity index (χ1n) is 10.6. The number of ether oxygens (including phenoxy) is 1. The fourth-order valence-electron chi connectivity index (χ4n) is 3.41. The molecule has 0 aliphatic heterocycles. The van der Waals surface area contributed by atoms with Gasteiger partial charge < -0.3 is 10.1 Å². The lowest BCUT2D eigenvalue weighted by molar-refractivity contribution is -0.137. The monoisotopic (exact) mass is 494 g/mol. The lowest BCUT2D eigenvalue weighted by Gasteiger charge is -2.23. The zero-order valence-electron chi connectivity index (χ0n) is 18.5. The number of carbonyl (C=O) groups is 1.